The van der Waals surface area contributed by atoms with Gasteiger partial charge in [0.2, 0.25) is 0 Å². The maximum Gasteiger partial charge on any atom is 0.0541 e. The van der Waals surface area contributed by atoms with Crippen LogP contribution in [0, 0.1) is 6.92 Å². The Hall–Kier alpha value is -7.94. The Morgan fingerprint density at radius 1 is 0.295 bits per heavy atom. The predicted octanol–water partition coefficient (Wildman–Crippen LogP) is 16.4. The van der Waals surface area contributed by atoms with Crippen LogP contribution in [0.3, 0.4) is 0 Å². The molecule has 0 saturated carbocycles. The summed E-state index contributed by atoms with van der Waals surface area (Å²) in [6.07, 6.45) is 0. The molecule has 0 bridgehead atoms. The Morgan fingerprint density at radius 2 is 0.705 bits per heavy atom. The molecule has 1 heterocycles. The molecule has 0 radical (unpaired) electrons. The molecule has 0 aliphatic carbocycles. The van der Waals surface area contributed by atoms with Crippen molar-refractivity contribution >= 4 is 49.6 Å². The molecule has 10 aromatic carbocycles. The van der Waals surface area contributed by atoms with E-state index in [1.807, 2.05) is 0 Å². The van der Waals surface area contributed by atoms with E-state index in [4.69, 9.17) is 0 Å². The summed E-state index contributed by atoms with van der Waals surface area (Å²) in [7, 11) is 0. The van der Waals surface area contributed by atoms with Gasteiger partial charge in [-0.25, -0.2) is 0 Å². The molecule has 0 aliphatic heterocycles. The highest BCUT2D eigenvalue weighted by Gasteiger charge is 2.16. The van der Waals surface area contributed by atoms with Gasteiger partial charge in [-0.2, -0.15) is 0 Å². The Bertz CT molecular complexity index is 3270. The van der Waals surface area contributed by atoms with E-state index in [2.05, 4.69) is 253 Å². The SMILES string of the molecule is Cc1cccc(-c2ccc3cc(N(c4ccc(-c5ccc(-c6ccccc6)cc5)cc4)c4ccc(-c5ccc(-n6c7ccccc7c7ccccc76)cc5)cc4)ccc3c2)c1. The van der Waals surface area contributed by atoms with Crippen LogP contribution in [-0.2, 0) is 0 Å². The Balaban J connectivity index is 0.935. The highest BCUT2D eigenvalue weighted by Crippen LogP contribution is 2.39. The highest BCUT2D eigenvalue weighted by atomic mass is 15.1. The number of hydrogen-bond donors (Lipinski definition) is 0. The summed E-state index contributed by atoms with van der Waals surface area (Å²) >= 11 is 0. The quantitative estimate of drug-likeness (QED) is 0.149. The summed E-state index contributed by atoms with van der Waals surface area (Å²) in [5.41, 5.74) is 17.8. The fraction of sp³-hybridized carbons (Fsp3) is 0.0169. The minimum absolute atomic E-state index is 1.10. The van der Waals surface area contributed by atoms with E-state index in [1.54, 1.807) is 0 Å². The van der Waals surface area contributed by atoms with Gasteiger partial charge in [0, 0.05) is 33.5 Å². The van der Waals surface area contributed by atoms with Gasteiger partial charge in [0.15, 0.2) is 0 Å². The molecule has 11 aromatic rings. The van der Waals surface area contributed by atoms with E-state index in [0.717, 1.165) is 22.7 Å². The zero-order valence-electron chi connectivity index (χ0n) is 33.9. The molecule has 0 amide bonds. The number of hydrogen-bond acceptors (Lipinski definition) is 1. The fourth-order valence-corrected chi connectivity index (χ4v) is 8.92. The van der Waals surface area contributed by atoms with Gasteiger partial charge in [-0.05, 0) is 129 Å². The Kier molecular flexibility index (Phi) is 9.09. The third-order valence-electron chi connectivity index (χ3n) is 12.0. The molecular weight excluding hydrogens is 737 g/mol. The van der Waals surface area contributed by atoms with Gasteiger partial charge in [-0.1, -0.05) is 175 Å². The van der Waals surface area contributed by atoms with Gasteiger partial charge in [-0.3, -0.25) is 0 Å². The van der Waals surface area contributed by atoms with Crippen LogP contribution in [0.25, 0.3) is 82.8 Å². The predicted molar refractivity (Wildman–Crippen MR) is 259 cm³/mol. The van der Waals surface area contributed by atoms with Crippen LogP contribution in [0.4, 0.5) is 17.1 Å². The number of anilines is 3. The molecule has 0 atom stereocenters. The number of aryl methyl sites for hydroxylation is 1. The topological polar surface area (TPSA) is 8.17 Å². The van der Waals surface area contributed by atoms with Gasteiger partial charge >= 0.3 is 0 Å². The van der Waals surface area contributed by atoms with E-state index < -0.39 is 0 Å². The van der Waals surface area contributed by atoms with Crippen molar-refractivity contribution in [1.29, 1.82) is 0 Å². The van der Waals surface area contributed by atoms with Gasteiger partial charge < -0.3 is 9.47 Å². The summed E-state index contributed by atoms with van der Waals surface area (Å²) in [6, 6.07) is 86.0. The number of aromatic nitrogens is 1. The monoisotopic (exact) mass is 778 g/mol. The van der Waals surface area contributed by atoms with Crippen molar-refractivity contribution < 1.29 is 0 Å². The van der Waals surface area contributed by atoms with Gasteiger partial charge in [-0.15, -0.1) is 0 Å². The van der Waals surface area contributed by atoms with Crippen molar-refractivity contribution in [3.05, 3.63) is 242 Å². The molecule has 0 saturated heterocycles. The van der Waals surface area contributed by atoms with Crippen LogP contribution < -0.4 is 4.90 Å². The average Bonchev–Trinajstić information content (AvgIpc) is 3.67. The molecule has 2 nitrogen and oxygen atoms in total. The molecule has 11 rings (SSSR count). The number of rotatable bonds is 8. The van der Waals surface area contributed by atoms with Crippen molar-refractivity contribution in [2.75, 3.05) is 4.90 Å². The first kappa shape index (κ1) is 36.2. The number of para-hydroxylation sites is 2. The average molecular weight is 779 g/mol. The number of nitrogens with zero attached hydrogens (tertiary/aromatic N) is 2. The molecule has 0 fully saturated rings. The van der Waals surface area contributed by atoms with Gasteiger partial charge in [0.25, 0.3) is 0 Å². The molecule has 2 heteroatoms. The van der Waals surface area contributed by atoms with Gasteiger partial charge in [0.1, 0.15) is 0 Å². The summed E-state index contributed by atoms with van der Waals surface area (Å²) in [5, 5.41) is 4.96. The summed E-state index contributed by atoms with van der Waals surface area (Å²) < 4.78 is 2.37. The zero-order valence-corrected chi connectivity index (χ0v) is 33.9. The second kappa shape index (κ2) is 15.3. The highest BCUT2D eigenvalue weighted by molar-refractivity contribution is 6.09. The molecule has 288 valence electrons. The molecule has 0 unspecified atom stereocenters. The Morgan fingerprint density at radius 3 is 1.28 bits per heavy atom. The first-order chi connectivity index (χ1) is 30.1. The minimum Gasteiger partial charge on any atom is -0.310 e. The lowest BCUT2D eigenvalue weighted by atomic mass is 9.99. The van der Waals surface area contributed by atoms with E-state index in [0.29, 0.717) is 0 Å². The maximum absolute atomic E-state index is 2.37. The summed E-state index contributed by atoms with van der Waals surface area (Å²) in [4.78, 5) is 2.37. The molecule has 0 N–H and O–H groups in total. The van der Waals surface area contributed by atoms with Crippen LogP contribution in [0.15, 0.2) is 237 Å². The standard InChI is InChI=1S/C59H42N2/c1-41-10-9-13-48(38-41)49-22-23-51-40-55(37-30-50(51)39-49)60(52-31-24-45(25-32-52)44-20-18-43(19-21-44)42-11-3-2-4-12-42)53-33-26-46(27-34-53)47-28-35-54(36-29-47)61-58-16-7-5-14-56(58)57-15-6-8-17-59(57)61/h2-40H,1H3. The van der Waals surface area contributed by atoms with E-state index in [-0.39, 0.29) is 0 Å². The van der Waals surface area contributed by atoms with E-state index in [9.17, 15) is 0 Å². The second-order valence-electron chi connectivity index (χ2n) is 15.9. The lowest BCUT2D eigenvalue weighted by Crippen LogP contribution is -2.09. The molecule has 1 aromatic heterocycles. The lowest BCUT2D eigenvalue weighted by Gasteiger charge is -2.26. The van der Waals surface area contributed by atoms with Crippen LogP contribution in [0.5, 0.6) is 0 Å². The smallest absolute Gasteiger partial charge is 0.0541 e. The number of fused-ring (bicyclic) bond motifs is 4. The summed E-state index contributed by atoms with van der Waals surface area (Å²) in [5.74, 6) is 0. The second-order valence-corrected chi connectivity index (χ2v) is 15.9. The third kappa shape index (κ3) is 6.84. The molecule has 61 heavy (non-hydrogen) atoms. The van der Waals surface area contributed by atoms with Crippen molar-refractivity contribution in [2.45, 2.75) is 6.92 Å². The maximum atomic E-state index is 2.37. The Labute approximate surface area is 356 Å². The fourth-order valence-electron chi connectivity index (χ4n) is 8.92. The molecular formula is C59H42N2. The molecule has 0 spiro atoms. The first-order valence-corrected chi connectivity index (χ1v) is 21.0. The summed E-state index contributed by atoms with van der Waals surface area (Å²) in [6.45, 7) is 2.15. The lowest BCUT2D eigenvalue weighted by molar-refractivity contribution is 1.18. The van der Waals surface area contributed by atoms with Crippen LogP contribution in [0.2, 0.25) is 0 Å². The van der Waals surface area contributed by atoms with Crippen molar-refractivity contribution in [1.82, 2.24) is 4.57 Å². The normalized spacial score (nSPS) is 11.4. The van der Waals surface area contributed by atoms with Crippen LogP contribution in [-0.4, -0.2) is 4.57 Å². The van der Waals surface area contributed by atoms with Crippen molar-refractivity contribution in [2.24, 2.45) is 0 Å². The van der Waals surface area contributed by atoms with E-state index in [1.165, 1.54) is 82.6 Å². The van der Waals surface area contributed by atoms with Gasteiger partial charge in [0.05, 0.1) is 11.0 Å². The van der Waals surface area contributed by atoms with E-state index >= 15 is 0 Å². The number of benzene rings is 10. The van der Waals surface area contributed by atoms with Crippen LogP contribution >= 0.6 is 0 Å². The van der Waals surface area contributed by atoms with Crippen molar-refractivity contribution in [3.8, 4) is 50.2 Å². The third-order valence-corrected chi connectivity index (χ3v) is 12.0. The minimum atomic E-state index is 1.10. The first-order valence-electron chi connectivity index (χ1n) is 21.0. The van der Waals surface area contributed by atoms with Crippen molar-refractivity contribution in [3.63, 3.8) is 0 Å². The van der Waals surface area contributed by atoms with Crippen LogP contribution in [0.1, 0.15) is 5.56 Å². The molecule has 0 aliphatic rings. The largest absolute Gasteiger partial charge is 0.310 e. The zero-order chi connectivity index (χ0) is 40.7.